The second-order valence-electron chi connectivity index (χ2n) is 4.39. The van der Waals surface area contributed by atoms with Gasteiger partial charge in [0.2, 0.25) is 0 Å². The maximum Gasteiger partial charge on any atom is 0.176 e. The van der Waals surface area contributed by atoms with Crippen molar-refractivity contribution in [3.05, 3.63) is 41.1 Å². The van der Waals surface area contributed by atoms with Crippen LogP contribution in [0.4, 0.5) is 5.82 Å². The Morgan fingerprint density at radius 2 is 2.25 bits per heavy atom. The van der Waals surface area contributed by atoms with E-state index in [-0.39, 0.29) is 0 Å². The second kappa shape index (κ2) is 6.02. The second-order valence-corrected chi connectivity index (χ2v) is 4.39. The molecule has 0 atom stereocenters. The Morgan fingerprint density at radius 1 is 1.45 bits per heavy atom. The fourth-order valence-corrected chi connectivity index (χ4v) is 1.93. The number of hydrogen-bond donors (Lipinski definition) is 0. The van der Waals surface area contributed by atoms with Crippen LogP contribution >= 0.6 is 0 Å². The number of rotatable bonds is 4. The Hall–Kier alpha value is -2.61. The largest absolute Gasteiger partial charge is 0.483 e. The number of hydrogen-bond acceptors (Lipinski definition) is 4. The average Bonchev–Trinajstić information content (AvgIpc) is 2.82. The molecule has 0 aliphatic heterocycles. The van der Waals surface area contributed by atoms with E-state index in [9.17, 15) is 0 Å². The Morgan fingerprint density at radius 3 is 2.90 bits per heavy atom. The van der Waals surface area contributed by atoms with E-state index < -0.39 is 0 Å². The molecule has 0 aliphatic carbocycles. The quantitative estimate of drug-likeness (QED) is 0.632. The Balaban J connectivity index is 2.51. The lowest BCUT2D eigenvalue weighted by molar-refractivity contribution is 0.343. The number of aryl methyl sites for hydroxylation is 2. The van der Waals surface area contributed by atoms with Crippen molar-refractivity contribution in [2.24, 2.45) is 4.99 Å². The summed E-state index contributed by atoms with van der Waals surface area (Å²) in [5.74, 6) is 0.480. The minimum Gasteiger partial charge on any atom is -0.483 e. The fourth-order valence-electron chi connectivity index (χ4n) is 1.93. The molecule has 5 heteroatoms. The van der Waals surface area contributed by atoms with E-state index in [0.29, 0.717) is 18.0 Å². The Bertz CT molecular complexity index is 680. The van der Waals surface area contributed by atoms with E-state index in [2.05, 4.69) is 22.2 Å². The molecule has 0 spiro atoms. The molecule has 0 radical (unpaired) electrons. The number of nitriles is 1. The SMILES string of the molecule is CCOC=Nc1c(C#N)cnn1-c1ccc(C)cc1C. The van der Waals surface area contributed by atoms with Gasteiger partial charge in [-0.25, -0.2) is 4.68 Å². The zero-order valence-electron chi connectivity index (χ0n) is 11.8. The summed E-state index contributed by atoms with van der Waals surface area (Å²) in [6.07, 6.45) is 2.86. The highest BCUT2D eigenvalue weighted by molar-refractivity contribution is 5.61. The van der Waals surface area contributed by atoms with Crippen LogP contribution in [0, 0.1) is 25.2 Å². The first-order valence-corrected chi connectivity index (χ1v) is 6.37. The van der Waals surface area contributed by atoms with Gasteiger partial charge < -0.3 is 4.74 Å². The highest BCUT2D eigenvalue weighted by Crippen LogP contribution is 2.24. The lowest BCUT2D eigenvalue weighted by Crippen LogP contribution is -1.99. The zero-order valence-corrected chi connectivity index (χ0v) is 11.8. The number of ether oxygens (including phenoxy) is 1. The van der Waals surface area contributed by atoms with E-state index in [0.717, 1.165) is 11.3 Å². The molecular weight excluding hydrogens is 252 g/mol. The van der Waals surface area contributed by atoms with Crippen LogP contribution in [-0.2, 0) is 4.74 Å². The smallest absolute Gasteiger partial charge is 0.176 e. The maximum absolute atomic E-state index is 9.13. The lowest BCUT2D eigenvalue weighted by Gasteiger charge is -2.08. The maximum atomic E-state index is 9.13. The van der Waals surface area contributed by atoms with Crippen LogP contribution in [-0.4, -0.2) is 22.8 Å². The average molecular weight is 268 g/mol. The fraction of sp³-hybridized carbons (Fsp3) is 0.267. The van der Waals surface area contributed by atoms with Crippen LogP contribution in [0.25, 0.3) is 5.69 Å². The monoisotopic (exact) mass is 268 g/mol. The molecule has 0 unspecified atom stereocenters. The van der Waals surface area contributed by atoms with Crippen LogP contribution in [0.1, 0.15) is 23.6 Å². The van der Waals surface area contributed by atoms with Gasteiger partial charge in [-0.05, 0) is 32.4 Å². The summed E-state index contributed by atoms with van der Waals surface area (Å²) in [5, 5.41) is 13.4. The first-order chi connectivity index (χ1) is 9.67. The topological polar surface area (TPSA) is 63.2 Å². The van der Waals surface area contributed by atoms with Gasteiger partial charge in [-0.2, -0.15) is 15.4 Å². The number of aliphatic imine (C=N–C) groups is 1. The van der Waals surface area contributed by atoms with E-state index >= 15 is 0 Å². The van der Waals surface area contributed by atoms with Gasteiger partial charge in [0.05, 0.1) is 18.5 Å². The van der Waals surface area contributed by atoms with Gasteiger partial charge in [-0.1, -0.05) is 17.7 Å². The summed E-state index contributed by atoms with van der Waals surface area (Å²) in [6.45, 7) is 6.45. The highest BCUT2D eigenvalue weighted by Gasteiger charge is 2.12. The van der Waals surface area contributed by atoms with Crippen LogP contribution in [0.15, 0.2) is 29.4 Å². The summed E-state index contributed by atoms with van der Waals surface area (Å²) in [6, 6.07) is 8.14. The molecule has 2 aromatic rings. The molecule has 0 saturated carbocycles. The molecule has 2 rings (SSSR count). The normalized spacial score (nSPS) is 10.7. The summed E-state index contributed by atoms with van der Waals surface area (Å²) < 4.78 is 6.76. The van der Waals surface area contributed by atoms with E-state index in [4.69, 9.17) is 10.00 Å². The van der Waals surface area contributed by atoms with E-state index in [1.165, 1.54) is 18.2 Å². The third-order valence-corrected chi connectivity index (χ3v) is 2.86. The third kappa shape index (κ3) is 2.69. The summed E-state index contributed by atoms with van der Waals surface area (Å²) >= 11 is 0. The summed E-state index contributed by atoms with van der Waals surface area (Å²) in [5.41, 5.74) is 3.57. The third-order valence-electron chi connectivity index (χ3n) is 2.86. The van der Waals surface area contributed by atoms with E-state index in [1.807, 2.05) is 32.9 Å². The molecule has 20 heavy (non-hydrogen) atoms. The van der Waals surface area contributed by atoms with Crippen molar-refractivity contribution in [1.82, 2.24) is 9.78 Å². The van der Waals surface area contributed by atoms with E-state index in [1.54, 1.807) is 4.68 Å². The van der Waals surface area contributed by atoms with Crippen molar-refractivity contribution in [1.29, 1.82) is 5.26 Å². The van der Waals surface area contributed by atoms with Gasteiger partial charge in [0.25, 0.3) is 0 Å². The van der Waals surface area contributed by atoms with Gasteiger partial charge >= 0.3 is 0 Å². The van der Waals surface area contributed by atoms with Gasteiger partial charge in [0.15, 0.2) is 12.2 Å². The molecule has 0 N–H and O–H groups in total. The Kier molecular flexibility index (Phi) is 4.16. The standard InChI is InChI=1S/C15H16N4O/c1-4-20-10-17-15-13(8-16)9-18-19(15)14-6-5-11(2)7-12(14)3/h5-7,9-10H,4H2,1-3H3. The van der Waals surface area contributed by atoms with Crippen molar-refractivity contribution in [3.8, 4) is 11.8 Å². The van der Waals surface area contributed by atoms with Crippen molar-refractivity contribution in [2.75, 3.05) is 6.61 Å². The summed E-state index contributed by atoms with van der Waals surface area (Å²) in [7, 11) is 0. The van der Waals surface area contributed by atoms with Crippen molar-refractivity contribution in [2.45, 2.75) is 20.8 Å². The highest BCUT2D eigenvalue weighted by atomic mass is 16.5. The molecule has 1 aromatic carbocycles. The van der Waals surface area contributed by atoms with Crippen molar-refractivity contribution < 1.29 is 4.74 Å². The van der Waals surface area contributed by atoms with Gasteiger partial charge in [0, 0.05) is 0 Å². The predicted octanol–water partition coefficient (Wildman–Crippen LogP) is 3.06. The van der Waals surface area contributed by atoms with Gasteiger partial charge in [0.1, 0.15) is 11.6 Å². The minimum absolute atomic E-state index is 0.418. The number of benzene rings is 1. The first-order valence-electron chi connectivity index (χ1n) is 6.37. The summed E-state index contributed by atoms with van der Waals surface area (Å²) in [4.78, 5) is 4.20. The van der Waals surface area contributed by atoms with Crippen LogP contribution in [0.5, 0.6) is 0 Å². The predicted molar refractivity (Wildman–Crippen MR) is 77.5 cm³/mol. The Labute approximate surface area is 118 Å². The van der Waals surface area contributed by atoms with Crippen molar-refractivity contribution >= 4 is 12.2 Å². The molecule has 0 fully saturated rings. The molecule has 102 valence electrons. The molecule has 1 heterocycles. The van der Waals surface area contributed by atoms with Gasteiger partial charge in [-0.3, -0.25) is 0 Å². The molecule has 0 amide bonds. The van der Waals surface area contributed by atoms with Crippen LogP contribution < -0.4 is 0 Å². The van der Waals surface area contributed by atoms with Crippen LogP contribution in [0.2, 0.25) is 0 Å². The molecule has 0 bridgehead atoms. The van der Waals surface area contributed by atoms with Crippen LogP contribution in [0.3, 0.4) is 0 Å². The van der Waals surface area contributed by atoms with Gasteiger partial charge in [-0.15, -0.1) is 0 Å². The number of nitrogens with zero attached hydrogens (tertiary/aromatic N) is 4. The van der Waals surface area contributed by atoms with Crippen molar-refractivity contribution in [3.63, 3.8) is 0 Å². The molecule has 5 nitrogen and oxygen atoms in total. The minimum atomic E-state index is 0.418. The zero-order chi connectivity index (χ0) is 14.5. The first kappa shape index (κ1) is 13.8. The number of aromatic nitrogens is 2. The molecular formula is C15H16N4O. The molecule has 1 aromatic heterocycles. The molecule has 0 aliphatic rings. The lowest BCUT2D eigenvalue weighted by atomic mass is 10.1. The molecule has 0 saturated heterocycles.